The highest BCUT2D eigenvalue weighted by molar-refractivity contribution is 9.10. The molecule has 2 rings (SSSR count). The van der Waals surface area contributed by atoms with E-state index in [2.05, 4.69) is 21.2 Å². The molecule has 1 amide bonds. The van der Waals surface area contributed by atoms with Crippen molar-refractivity contribution < 1.29 is 9.18 Å². The maximum absolute atomic E-state index is 13.4. The number of rotatable bonds is 2. The summed E-state index contributed by atoms with van der Waals surface area (Å²) < 4.78 is 13.7. The Bertz CT molecular complexity index is 438. The maximum Gasteiger partial charge on any atom is 0.253 e. The summed E-state index contributed by atoms with van der Waals surface area (Å²) in [6, 6.07) is 4.66. The van der Waals surface area contributed by atoms with Crippen LogP contribution in [0.5, 0.6) is 0 Å². The third-order valence-electron chi connectivity index (χ3n) is 3.07. The first-order valence-corrected chi connectivity index (χ1v) is 6.32. The van der Waals surface area contributed by atoms with E-state index in [1.54, 1.807) is 24.1 Å². The van der Waals surface area contributed by atoms with Crippen LogP contribution in [0, 0.1) is 5.82 Å². The Balaban J connectivity index is 0.00000162. The summed E-state index contributed by atoms with van der Waals surface area (Å²) in [5.74, 6) is -0.543. The average molecular weight is 338 g/mol. The molecule has 1 aromatic rings. The molecule has 0 bridgehead atoms. The number of amides is 1. The zero-order valence-corrected chi connectivity index (χ0v) is 12.4. The quantitative estimate of drug-likeness (QED) is 0.899. The molecule has 1 saturated heterocycles. The van der Waals surface area contributed by atoms with Crippen molar-refractivity contribution in [1.29, 1.82) is 0 Å². The summed E-state index contributed by atoms with van der Waals surface area (Å²) in [6.45, 7) is 1.73. The van der Waals surface area contributed by atoms with E-state index in [4.69, 9.17) is 0 Å². The van der Waals surface area contributed by atoms with E-state index in [9.17, 15) is 9.18 Å². The van der Waals surface area contributed by atoms with Crippen molar-refractivity contribution in [2.45, 2.75) is 12.5 Å². The Morgan fingerprint density at radius 2 is 2.28 bits per heavy atom. The molecule has 3 nitrogen and oxygen atoms in total. The molecule has 0 aromatic heterocycles. The van der Waals surface area contributed by atoms with Crippen LogP contribution >= 0.6 is 28.3 Å². The van der Waals surface area contributed by atoms with Crippen molar-refractivity contribution in [2.75, 3.05) is 20.1 Å². The second-order valence-electron chi connectivity index (χ2n) is 4.19. The van der Waals surface area contributed by atoms with Gasteiger partial charge in [0, 0.05) is 25.2 Å². The zero-order chi connectivity index (χ0) is 12.4. The molecule has 1 heterocycles. The van der Waals surface area contributed by atoms with Crippen molar-refractivity contribution in [3.8, 4) is 0 Å². The largest absolute Gasteiger partial charge is 0.337 e. The maximum atomic E-state index is 13.4. The summed E-state index contributed by atoms with van der Waals surface area (Å²) in [7, 11) is 1.76. The van der Waals surface area contributed by atoms with Gasteiger partial charge in [-0.3, -0.25) is 4.79 Å². The van der Waals surface area contributed by atoms with E-state index in [0.717, 1.165) is 19.5 Å². The third-order valence-corrected chi connectivity index (χ3v) is 3.71. The van der Waals surface area contributed by atoms with Crippen LogP contribution in [-0.2, 0) is 0 Å². The number of hydrogen-bond donors (Lipinski definition) is 1. The lowest BCUT2D eigenvalue weighted by Gasteiger charge is -2.23. The molecule has 0 aliphatic carbocycles. The lowest BCUT2D eigenvalue weighted by Crippen LogP contribution is -2.38. The molecular weight excluding hydrogens is 322 g/mol. The summed E-state index contributed by atoms with van der Waals surface area (Å²) in [6.07, 6.45) is 0.946. The zero-order valence-electron chi connectivity index (χ0n) is 9.95. The van der Waals surface area contributed by atoms with Gasteiger partial charge in [0.2, 0.25) is 0 Å². The van der Waals surface area contributed by atoms with Crippen molar-refractivity contribution in [2.24, 2.45) is 0 Å². The second-order valence-corrected chi connectivity index (χ2v) is 5.05. The van der Waals surface area contributed by atoms with Gasteiger partial charge in [-0.25, -0.2) is 4.39 Å². The Hall–Kier alpha value is -0.650. The minimum Gasteiger partial charge on any atom is -0.337 e. The van der Waals surface area contributed by atoms with Crippen LogP contribution in [0.15, 0.2) is 22.7 Å². The lowest BCUT2D eigenvalue weighted by atomic mass is 10.1. The highest BCUT2D eigenvalue weighted by atomic mass is 79.9. The number of likely N-dealkylation sites (N-methyl/N-ethyl adjacent to an activating group) is 1. The highest BCUT2D eigenvalue weighted by Gasteiger charge is 2.24. The Morgan fingerprint density at radius 1 is 1.56 bits per heavy atom. The van der Waals surface area contributed by atoms with Crippen LogP contribution in [0.3, 0.4) is 0 Å². The van der Waals surface area contributed by atoms with E-state index in [-0.39, 0.29) is 24.4 Å². The molecule has 0 saturated carbocycles. The van der Waals surface area contributed by atoms with E-state index < -0.39 is 5.82 Å². The van der Waals surface area contributed by atoms with Gasteiger partial charge in [0.15, 0.2) is 0 Å². The van der Waals surface area contributed by atoms with Crippen molar-refractivity contribution in [3.63, 3.8) is 0 Å². The molecule has 0 radical (unpaired) electrons. The molecule has 1 aromatic carbocycles. The first kappa shape index (κ1) is 15.4. The van der Waals surface area contributed by atoms with E-state index in [1.807, 2.05) is 0 Å². The van der Waals surface area contributed by atoms with Crippen LogP contribution in [-0.4, -0.2) is 37.0 Å². The fraction of sp³-hybridized carbons (Fsp3) is 0.417. The first-order valence-electron chi connectivity index (χ1n) is 5.52. The fourth-order valence-electron chi connectivity index (χ4n) is 1.97. The fourth-order valence-corrected chi connectivity index (χ4v) is 2.22. The third kappa shape index (κ3) is 3.22. The topological polar surface area (TPSA) is 32.3 Å². The Kier molecular flexibility index (Phi) is 5.56. The average Bonchev–Trinajstić information content (AvgIpc) is 2.84. The van der Waals surface area contributed by atoms with Gasteiger partial charge in [-0.05, 0) is 47.1 Å². The molecule has 0 spiro atoms. The number of halogens is 3. The molecule has 100 valence electrons. The SMILES string of the molecule is CN(C(=O)c1ccc(Br)c(F)c1)C1CCNC1.Cl. The number of carbonyl (C=O) groups excluding carboxylic acids is 1. The molecule has 6 heteroatoms. The van der Waals surface area contributed by atoms with Crippen LogP contribution in [0.4, 0.5) is 4.39 Å². The summed E-state index contributed by atoms with van der Waals surface area (Å²) in [4.78, 5) is 13.8. The van der Waals surface area contributed by atoms with Gasteiger partial charge in [0.05, 0.1) is 4.47 Å². The van der Waals surface area contributed by atoms with Gasteiger partial charge >= 0.3 is 0 Å². The predicted octanol–water partition coefficient (Wildman–Crippen LogP) is 2.44. The normalized spacial score (nSPS) is 18.3. The number of hydrogen-bond acceptors (Lipinski definition) is 2. The van der Waals surface area contributed by atoms with E-state index in [1.165, 1.54) is 6.07 Å². The van der Waals surface area contributed by atoms with Gasteiger partial charge < -0.3 is 10.2 Å². The molecule has 18 heavy (non-hydrogen) atoms. The van der Waals surface area contributed by atoms with Gasteiger partial charge in [-0.2, -0.15) is 0 Å². The van der Waals surface area contributed by atoms with Crippen LogP contribution in [0.1, 0.15) is 16.8 Å². The van der Waals surface area contributed by atoms with Crippen LogP contribution in [0.25, 0.3) is 0 Å². The number of nitrogens with zero attached hydrogens (tertiary/aromatic N) is 1. The number of nitrogens with one attached hydrogen (secondary N) is 1. The first-order chi connectivity index (χ1) is 8.09. The minimum absolute atomic E-state index is 0. The molecule has 1 fully saturated rings. The molecule has 1 aliphatic heterocycles. The van der Waals surface area contributed by atoms with Crippen molar-refractivity contribution in [1.82, 2.24) is 10.2 Å². The highest BCUT2D eigenvalue weighted by Crippen LogP contribution is 2.18. The standard InChI is InChI=1S/C12H14BrFN2O.ClH/c1-16(9-4-5-15-7-9)12(17)8-2-3-10(13)11(14)6-8;/h2-3,6,9,15H,4-5,7H2,1H3;1H. The van der Waals surface area contributed by atoms with Gasteiger partial charge in [-0.1, -0.05) is 0 Å². The van der Waals surface area contributed by atoms with E-state index in [0.29, 0.717) is 10.0 Å². The Morgan fingerprint density at radius 3 is 2.83 bits per heavy atom. The smallest absolute Gasteiger partial charge is 0.253 e. The molecule has 1 atom stereocenters. The number of benzene rings is 1. The predicted molar refractivity (Wildman–Crippen MR) is 74.7 cm³/mol. The molecule has 1 N–H and O–H groups in total. The molecular formula is C12H15BrClFN2O. The monoisotopic (exact) mass is 336 g/mol. The summed E-state index contributed by atoms with van der Waals surface area (Å²) >= 11 is 3.07. The summed E-state index contributed by atoms with van der Waals surface area (Å²) in [5, 5.41) is 3.20. The van der Waals surface area contributed by atoms with E-state index >= 15 is 0 Å². The van der Waals surface area contributed by atoms with Gasteiger partial charge in [-0.15, -0.1) is 12.4 Å². The summed E-state index contributed by atoms with van der Waals surface area (Å²) in [5.41, 5.74) is 0.389. The molecule has 1 aliphatic rings. The van der Waals surface area contributed by atoms with Gasteiger partial charge in [0.25, 0.3) is 5.91 Å². The number of carbonyl (C=O) groups is 1. The Labute approximate surface area is 120 Å². The second kappa shape index (κ2) is 6.50. The minimum atomic E-state index is -0.409. The molecule has 1 unspecified atom stereocenters. The van der Waals surface area contributed by atoms with Crippen LogP contribution in [0.2, 0.25) is 0 Å². The lowest BCUT2D eigenvalue weighted by molar-refractivity contribution is 0.0743. The van der Waals surface area contributed by atoms with Crippen LogP contribution < -0.4 is 5.32 Å². The van der Waals surface area contributed by atoms with Gasteiger partial charge in [0.1, 0.15) is 5.82 Å². The van der Waals surface area contributed by atoms with Crippen molar-refractivity contribution in [3.05, 3.63) is 34.1 Å². The van der Waals surface area contributed by atoms with Crippen molar-refractivity contribution >= 4 is 34.2 Å².